The molecule has 1 atom stereocenters. The van der Waals surface area contributed by atoms with Gasteiger partial charge in [0.1, 0.15) is 0 Å². The fourth-order valence-corrected chi connectivity index (χ4v) is 2.93. The third-order valence-electron chi connectivity index (χ3n) is 5.05. The lowest BCUT2D eigenvalue weighted by Gasteiger charge is -2.32. The number of carbonyl (C=O) groups excluding carboxylic acids is 3. The van der Waals surface area contributed by atoms with Crippen molar-refractivity contribution in [1.82, 2.24) is 10.2 Å². The minimum absolute atomic E-state index is 0.0540. The lowest BCUT2D eigenvalue weighted by atomic mass is 9.94. The highest BCUT2D eigenvalue weighted by Gasteiger charge is 2.28. The quantitative estimate of drug-likeness (QED) is 0.819. The number of hydrogen-bond acceptors (Lipinski definition) is 4. The van der Waals surface area contributed by atoms with Crippen molar-refractivity contribution < 1.29 is 19.1 Å². The van der Waals surface area contributed by atoms with Gasteiger partial charge < -0.3 is 15.0 Å². The van der Waals surface area contributed by atoms with Crippen LogP contribution in [0.2, 0.25) is 0 Å². The van der Waals surface area contributed by atoms with Crippen LogP contribution in [0, 0.1) is 11.8 Å². The molecule has 1 saturated heterocycles. The predicted octanol–water partition coefficient (Wildman–Crippen LogP) is 2.49. The molecule has 26 heavy (non-hydrogen) atoms. The van der Waals surface area contributed by atoms with Crippen molar-refractivity contribution in [3.8, 4) is 0 Å². The Kier molecular flexibility index (Phi) is 6.77. The van der Waals surface area contributed by atoms with Gasteiger partial charge >= 0.3 is 5.97 Å². The second-order valence-corrected chi connectivity index (χ2v) is 7.18. The first-order valence-corrected chi connectivity index (χ1v) is 9.11. The van der Waals surface area contributed by atoms with Crippen LogP contribution in [0.15, 0.2) is 24.3 Å². The van der Waals surface area contributed by atoms with Crippen molar-refractivity contribution in [1.29, 1.82) is 0 Å². The normalized spacial score (nSPS) is 16.3. The maximum Gasteiger partial charge on any atom is 0.337 e. The molecule has 1 aliphatic heterocycles. The van der Waals surface area contributed by atoms with Gasteiger partial charge in [-0.2, -0.15) is 0 Å². The number of nitrogens with one attached hydrogen (secondary N) is 1. The van der Waals surface area contributed by atoms with E-state index in [1.807, 2.05) is 6.92 Å². The molecule has 1 aromatic carbocycles. The average Bonchev–Trinajstić information content (AvgIpc) is 2.66. The molecule has 6 heteroatoms. The molecule has 6 nitrogen and oxygen atoms in total. The molecule has 0 saturated carbocycles. The highest BCUT2D eigenvalue weighted by molar-refractivity contribution is 5.98. The number of amides is 2. The molecule has 1 fully saturated rings. The van der Waals surface area contributed by atoms with Gasteiger partial charge in [-0.1, -0.05) is 19.9 Å². The van der Waals surface area contributed by atoms with E-state index in [-0.39, 0.29) is 23.8 Å². The zero-order chi connectivity index (χ0) is 19.3. The van der Waals surface area contributed by atoms with Crippen molar-refractivity contribution in [3.05, 3.63) is 35.4 Å². The van der Waals surface area contributed by atoms with E-state index in [0.717, 1.165) is 0 Å². The average molecular weight is 360 g/mol. The highest BCUT2D eigenvalue weighted by atomic mass is 16.5. The van der Waals surface area contributed by atoms with Gasteiger partial charge in [0.25, 0.3) is 5.91 Å². The largest absolute Gasteiger partial charge is 0.465 e. The molecule has 1 aromatic rings. The molecule has 0 aromatic heterocycles. The Hall–Kier alpha value is -2.37. The number of nitrogens with zero attached hydrogens (tertiary/aromatic N) is 1. The summed E-state index contributed by atoms with van der Waals surface area (Å²) in [5, 5.41) is 3.06. The topological polar surface area (TPSA) is 75.7 Å². The van der Waals surface area contributed by atoms with Gasteiger partial charge in [-0.05, 0) is 43.9 Å². The summed E-state index contributed by atoms with van der Waals surface area (Å²) in [5.41, 5.74) is 0.819. The summed E-state index contributed by atoms with van der Waals surface area (Å²) in [6, 6.07) is 6.68. The summed E-state index contributed by atoms with van der Waals surface area (Å²) in [7, 11) is 1.31. The number of benzene rings is 1. The van der Waals surface area contributed by atoms with Crippen molar-refractivity contribution in [3.63, 3.8) is 0 Å². The third-order valence-corrected chi connectivity index (χ3v) is 5.05. The Morgan fingerprint density at radius 3 is 2.31 bits per heavy atom. The zero-order valence-corrected chi connectivity index (χ0v) is 16.0. The molecular weight excluding hydrogens is 332 g/mol. The molecule has 1 N–H and O–H groups in total. The van der Waals surface area contributed by atoms with E-state index in [4.69, 9.17) is 4.74 Å². The van der Waals surface area contributed by atoms with Crippen LogP contribution in [0.3, 0.4) is 0 Å². The van der Waals surface area contributed by atoms with E-state index >= 15 is 0 Å². The lowest BCUT2D eigenvalue weighted by molar-refractivity contribution is -0.127. The van der Waals surface area contributed by atoms with Gasteiger partial charge in [0.2, 0.25) is 5.91 Å². The number of piperidine rings is 1. The fraction of sp³-hybridized carbons (Fsp3) is 0.550. The summed E-state index contributed by atoms with van der Waals surface area (Å²) < 4.78 is 4.70. The van der Waals surface area contributed by atoms with Gasteiger partial charge in [0.15, 0.2) is 0 Å². The summed E-state index contributed by atoms with van der Waals surface area (Å²) in [6.45, 7) is 7.24. The first kappa shape index (κ1) is 19.9. The van der Waals surface area contributed by atoms with Crippen LogP contribution in [-0.4, -0.2) is 48.9 Å². The van der Waals surface area contributed by atoms with Crippen LogP contribution in [-0.2, 0) is 9.53 Å². The number of ether oxygens (including phenoxy) is 1. The highest BCUT2D eigenvalue weighted by Crippen LogP contribution is 2.20. The van der Waals surface area contributed by atoms with E-state index in [1.54, 1.807) is 29.2 Å². The molecule has 0 radical (unpaired) electrons. The third kappa shape index (κ3) is 4.84. The van der Waals surface area contributed by atoms with E-state index in [0.29, 0.717) is 43.0 Å². The molecule has 0 aliphatic carbocycles. The van der Waals surface area contributed by atoms with Crippen LogP contribution in [0.1, 0.15) is 54.3 Å². The summed E-state index contributed by atoms with van der Waals surface area (Å²) in [4.78, 5) is 38.4. The second-order valence-electron chi connectivity index (χ2n) is 7.18. The number of rotatable bonds is 5. The van der Waals surface area contributed by atoms with Crippen molar-refractivity contribution in [2.75, 3.05) is 20.2 Å². The summed E-state index contributed by atoms with van der Waals surface area (Å²) >= 11 is 0. The van der Waals surface area contributed by atoms with Crippen molar-refractivity contribution in [2.45, 2.75) is 39.7 Å². The Bertz CT molecular complexity index is 664. The number of likely N-dealkylation sites (tertiary alicyclic amines) is 1. The Morgan fingerprint density at radius 2 is 1.73 bits per heavy atom. The van der Waals surface area contributed by atoms with E-state index in [2.05, 4.69) is 19.2 Å². The molecule has 1 heterocycles. The van der Waals surface area contributed by atoms with Gasteiger partial charge in [-0.25, -0.2) is 4.79 Å². The number of esters is 1. The molecule has 2 amide bonds. The van der Waals surface area contributed by atoms with Crippen LogP contribution in [0.25, 0.3) is 0 Å². The van der Waals surface area contributed by atoms with Crippen LogP contribution >= 0.6 is 0 Å². The van der Waals surface area contributed by atoms with Crippen LogP contribution in [0.5, 0.6) is 0 Å². The number of carbonyl (C=O) groups is 3. The molecule has 0 bridgehead atoms. The maximum atomic E-state index is 12.7. The molecule has 2 rings (SSSR count). The monoisotopic (exact) mass is 360 g/mol. The second kappa shape index (κ2) is 8.83. The minimum Gasteiger partial charge on any atom is -0.465 e. The number of methoxy groups -OCH3 is 1. The van der Waals surface area contributed by atoms with Crippen LogP contribution in [0.4, 0.5) is 0 Å². The molecule has 0 spiro atoms. The van der Waals surface area contributed by atoms with Crippen molar-refractivity contribution in [2.24, 2.45) is 11.8 Å². The Labute approximate surface area is 154 Å². The first-order valence-electron chi connectivity index (χ1n) is 9.11. The van der Waals surface area contributed by atoms with Gasteiger partial charge in [-0.15, -0.1) is 0 Å². The van der Waals surface area contributed by atoms with Crippen LogP contribution < -0.4 is 5.32 Å². The first-order chi connectivity index (χ1) is 12.3. The van der Waals surface area contributed by atoms with E-state index < -0.39 is 5.97 Å². The predicted molar refractivity (Wildman–Crippen MR) is 98.9 cm³/mol. The van der Waals surface area contributed by atoms with E-state index in [9.17, 15) is 14.4 Å². The number of hydrogen-bond donors (Lipinski definition) is 1. The molecular formula is C20H28N2O4. The fourth-order valence-electron chi connectivity index (χ4n) is 2.93. The molecule has 1 aliphatic rings. The Morgan fingerprint density at radius 1 is 1.12 bits per heavy atom. The summed E-state index contributed by atoms with van der Waals surface area (Å²) in [6.07, 6.45) is 1.30. The smallest absolute Gasteiger partial charge is 0.337 e. The zero-order valence-electron chi connectivity index (χ0n) is 16.0. The minimum atomic E-state index is -0.464. The summed E-state index contributed by atoms with van der Waals surface area (Å²) in [5.74, 6) is -0.171. The van der Waals surface area contributed by atoms with Crippen molar-refractivity contribution >= 4 is 17.8 Å². The Balaban J connectivity index is 1.94. The standard InChI is InChI=1S/C20H28N2O4/c1-13(2)14(3)21-18(23)15-8-10-22(11-9-15)19(24)16-6-5-7-17(12-16)20(25)26-4/h5-7,12-15H,8-11H2,1-4H3,(H,21,23). The molecule has 1 unspecified atom stereocenters. The molecule has 142 valence electrons. The van der Waals surface area contributed by atoms with Gasteiger partial charge in [0.05, 0.1) is 12.7 Å². The van der Waals surface area contributed by atoms with Gasteiger partial charge in [0, 0.05) is 30.6 Å². The SMILES string of the molecule is COC(=O)c1cccc(C(=O)N2CCC(C(=O)NC(C)C(C)C)CC2)c1. The van der Waals surface area contributed by atoms with E-state index in [1.165, 1.54) is 7.11 Å². The lowest BCUT2D eigenvalue weighted by Crippen LogP contribution is -2.45. The van der Waals surface area contributed by atoms with Gasteiger partial charge in [-0.3, -0.25) is 9.59 Å². The maximum absolute atomic E-state index is 12.7.